The fourth-order valence-corrected chi connectivity index (χ4v) is 3.21. The number of likely N-dealkylation sites (tertiary alicyclic amines) is 1. The van der Waals surface area contributed by atoms with Gasteiger partial charge >= 0.3 is 0 Å². The Balaban J connectivity index is 1.96. The first kappa shape index (κ1) is 15.5. The zero-order valence-corrected chi connectivity index (χ0v) is 13.1. The van der Waals surface area contributed by atoms with E-state index in [0.717, 1.165) is 31.1 Å². The average molecular weight is 298 g/mol. The molecule has 0 radical (unpaired) electrons. The lowest BCUT2D eigenvalue weighted by Crippen LogP contribution is -2.33. The summed E-state index contributed by atoms with van der Waals surface area (Å²) >= 11 is 6.03. The van der Waals surface area contributed by atoms with Crippen LogP contribution in [0.3, 0.4) is 0 Å². The highest BCUT2D eigenvalue weighted by molar-refractivity contribution is 6.32. The lowest BCUT2D eigenvalue weighted by molar-refractivity contribution is 0.171. The fraction of sp³-hybridized carbons (Fsp3) is 0.625. The molecule has 0 bridgehead atoms. The molecule has 0 aromatic heterocycles. The molecule has 0 spiro atoms. The molecule has 1 aliphatic heterocycles. The zero-order chi connectivity index (χ0) is 14.5. The molecule has 4 heteroatoms. The Morgan fingerprint density at radius 1 is 1.35 bits per heavy atom. The van der Waals surface area contributed by atoms with E-state index in [1.807, 2.05) is 12.1 Å². The van der Waals surface area contributed by atoms with Crippen molar-refractivity contribution in [3.8, 4) is 11.5 Å². The van der Waals surface area contributed by atoms with E-state index in [0.29, 0.717) is 10.8 Å². The van der Waals surface area contributed by atoms with E-state index in [2.05, 4.69) is 11.8 Å². The van der Waals surface area contributed by atoms with Crippen LogP contribution in [0.4, 0.5) is 0 Å². The number of benzene rings is 1. The summed E-state index contributed by atoms with van der Waals surface area (Å²) in [6.07, 6.45) is 5.22. The summed E-state index contributed by atoms with van der Waals surface area (Å²) in [7, 11) is 1.55. The van der Waals surface area contributed by atoms with E-state index in [1.165, 1.54) is 25.7 Å². The summed E-state index contributed by atoms with van der Waals surface area (Å²) in [5, 5.41) is 10.1. The van der Waals surface area contributed by atoms with Crippen molar-refractivity contribution in [1.82, 2.24) is 4.90 Å². The van der Waals surface area contributed by atoms with Crippen LogP contribution in [-0.4, -0.2) is 30.2 Å². The van der Waals surface area contributed by atoms with Crippen molar-refractivity contribution in [1.29, 1.82) is 0 Å². The number of nitrogens with zero attached hydrogens (tertiary/aromatic N) is 1. The predicted octanol–water partition coefficient (Wildman–Crippen LogP) is 4.07. The molecule has 1 saturated heterocycles. The van der Waals surface area contributed by atoms with Crippen LogP contribution in [-0.2, 0) is 6.54 Å². The summed E-state index contributed by atoms with van der Waals surface area (Å²) in [5.41, 5.74) is 1.10. The number of phenolic OH excluding ortho intramolecular Hbond substituents is 1. The third kappa shape index (κ3) is 3.80. The predicted molar refractivity (Wildman–Crippen MR) is 82.6 cm³/mol. The van der Waals surface area contributed by atoms with Crippen molar-refractivity contribution in [2.75, 3.05) is 20.2 Å². The van der Waals surface area contributed by atoms with Crippen molar-refractivity contribution < 1.29 is 9.84 Å². The van der Waals surface area contributed by atoms with Gasteiger partial charge in [-0.3, -0.25) is 4.90 Å². The summed E-state index contributed by atoms with van der Waals surface area (Å²) in [6.45, 7) is 5.42. The van der Waals surface area contributed by atoms with Gasteiger partial charge in [0.25, 0.3) is 0 Å². The monoisotopic (exact) mass is 297 g/mol. The number of hydrogen-bond donors (Lipinski definition) is 1. The Labute approximate surface area is 126 Å². The number of rotatable bonds is 5. The number of piperidine rings is 1. The molecule has 0 aliphatic carbocycles. The van der Waals surface area contributed by atoms with Crippen molar-refractivity contribution >= 4 is 11.6 Å². The lowest BCUT2D eigenvalue weighted by Gasteiger charge is -2.32. The quantitative estimate of drug-likeness (QED) is 0.889. The largest absolute Gasteiger partial charge is 0.503 e. The second kappa shape index (κ2) is 7.19. The van der Waals surface area contributed by atoms with Gasteiger partial charge in [-0.1, -0.05) is 31.4 Å². The third-order valence-corrected chi connectivity index (χ3v) is 4.41. The van der Waals surface area contributed by atoms with Gasteiger partial charge in [-0.25, -0.2) is 0 Å². The van der Waals surface area contributed by atoms with Gasteiger partial charge in [-0.05, 0) is 49.5 Å². The third-order valence-electron chi connectivity index (χ3n) is 4.12. The Hall–Kier alpha value is -0.930. The van der Waals surface area contributed by atoms with Crippen LogP contribution < -0.4 is 4.74 Å². The normalized spacial score (nSPS) is 17.4. The number of phenols is 1. The van der Waals surface area contributed by atoms with Crippen molar-refractivity contribution in [2.45, 2.75) is 39.2 Å². The Morgan fingerprint density at radius 2 is 2.05 bits per heavy atom. The van der Waals surface area contributed by atoms with Gasteiger partial charge in [0.1, 0.15) is 0 Å². The van der Waals surface area contributed by atoms with E-state index in [9.17, 15) is 5.11 Å². The summed E-state index contributed by atoms with van der Waals surface area (Å²) < 4.78 is 5.15. The molecule has 3 nitrogen and oxygen atoms in total. The summed E-state index contributed by atoms with van der Waals surface area (Å²) in [5.74, 6) is 1.38. The molecule has 1 N–H and O–H groups in total. The summed E-state index contributed by atoms with van der Waals surface area (Å²) in [6, 6.07) is 3.71. The summed E-state index contributed by atoms with van der Waals surface area (Å²) in [4.78, 5) is 2.45. The minimum Gasteiger partial charge on any atom is -0.503 e. The highest BCUT2D eigenvalue weighted by atomic mass is 35.5. The van der Waals surface area contributed by atoms with Gasteiger partial charge in [0.15, 0.2) is 11.5 Å². The molecule has 1 aromatic rings. The maximum absolute atomic E-state index is 9.75. The van der Waals surface area contributed by atoms with Crippen LogP contribution in [0.5, 0.6) is 11.5 Å². The van der Waals surface area contributed by atoms with Crippen molar-refractivity contribution in [2.24, 2.45) is 5.92 Å². The number of methoxy groups -OCH3 is 1. The number of hydrogen-bond acceptors (Lipinski definition) is 3. The molecule has 0 unspecified atom stereocenters. The standard InChI is InChI=1S/C16H24ClNO2/c1-3-4-12-5-7-18(8-6-12)11-13-9-14(17)16(19)15(10-13)20-2/h9-10,12,19H,3-8,11H2,1-2H3. The maximum atomic E-state index is 9.75. The van der Waals surface area contributed by atoms with Crippen LogP contribution in [0.1, 0.15) is 38.2 Å². The molecular weight excluding hydrogens is 274 g/mol. The Bertz CT molecular complexity index is 442. The van der Waals surface area contributed by atoms with E-state index in [-0.39, 0.29) is 5.75 Å². The molecule has 1 fully saturated rings. The maximum Gasteiger partial charge on any atom is 0.176 e. The highest BCUT2D eigenvalue weighted by Crippen LogP contribution is 2.35. The second-order valence-corrected chi connectivity index (χ2v) is 6.04. The van der Waals surface area contributed by atoms with E-state index < -0.39 is 0 Å². The zero-order valence-electron chi connectivity index (χ0n) is 12.4. The molecule has 2 rings (SSSR count). The van der Waals surface area contributed by atoms with E-state index in [1.54, 1.807) is 7.11 Å². The smallest absolute Gasteiger partial charge is 0.176 e. The lowest BCUT2D eigenvalue weighted by atomic mass is 9.92. The van der Waals surface area contributed by atoms with Crippen LogP contribution in [0.25, 0.3) is 0 Å². The molecular formula is C16H24ClNO2. The number of halogens is 1. The average Bonchev–Trinajstić information content (AvgIpc) is 2.45. The first-order valence-electron chi connectivity index (χ1n) is 7.41. The first-order chi connectivity index (χ1) is 9.63. The fourth-order valence-electron chi connectivity index (χ4n) is 2.97. The topological polar surface area (TPSA) is 32.7 Å². The second-order valence-electron chi connectivity index (χ2n) is 5.64. The molecule has 112 valence electrons. The first-order valence-corrected chi connectivity index (χ1v) is 7.79. The molecule has 0 amide bonds. The molecule has 1 heterocycles. The van der Waals surface area contributed by atoms with Gasteiger partial charge in [-0.15, -0.1) is 0 Å². The van der Waals surface area contributed by atoms with E-state index >= 15 is 0 Å². The molecule has 20 heavy (non-hydrogen) atoms. The van der Waals surface area contributed by atoms with Crippen molar-refractivity contribution in [3.05, 3.63) is 22.7 Å². The SMILES string of the molecule is CCCC1CCN(Cc2cc(Cl)c(O)c(OC)c2)CC1. The minimum atomic E-state index is 0.0274. The minimum absolute atomic E-state index is 0.0274. The van der Waals surface area contributed by atoms with Gasteiger partial charge in [0.05, 0.1) is 12.1 Å². The van der Waals surface area contributed by atoms with Crippen LogP contribution in [0.2, 0.25) is 5.02 Å². The molecule has 0 atom stereocenters. The van der Waals surface area contributed by atoms with Crippen LogP contribution >= 0.6 is 11.6 Å². The van der Waals surface area contributed by atoms with Gasteiger partial charge in [0.2, 0.25) is 0 Å². The molecule has 1 aromatic carbocycles. The van der Waals surface area contributed by atoms with Crippen LogP contribution in [0.15, 0.2) is 12.1 Å². The van der Waals surface area contributed by atoms with Crippen LogP contribution in [0, 0.1) is 5.92 Å². The number of aromatic hydroxyl groups is 1. The Morgan fingerprint density at radius 3 is 2.65 bits per heavy atom. The van der Waals surface area contributed by atoms with Gasteiger partial charge < -0.3 is 9.84 Å². The van der Waals surface area contributed by atoms with Gasteiger partial charge in [-0.2, -0.15) is 0 Å². The Kier molecular flexibility index (Phi) is 5.55. The number of ether oxygens (including phenoxy) is 1. The molecule has 0 saturated carbocycles. The van der Waals surface area contributed by atoms with E-state index in [4.69, 9.17) is 16.3 Å². The van der Waals surface area contributed by atoms with Crippen molar-refractivity contribution in [3.63, 3.8) is 0 Å². The molecule has 1 aliphatic rings. The van der Waals surface area contributed by atoms with Gasteiger partial charge in [0, 0.05) is 6.54 Å². The highest BCUT2D eigenvalue weighted by Gasteiger charge is 2.19.